The van der Waals surface area contributed by atoms with Crippen LogP contribution in [0, 0.1) is 5.92 Å². The quantitative estimate of drug-likeness (QED) is 0.574. The van der Waals surface area contributed by atoms with Gasteiger partial charge in [-0.05, 0) is 41.3 Å². The number of rotatable bonds is 5. The molecule has 2 aliphatic heterocycles. The fraction of sp³-hybridized carbons (Fsp3) is 0.333. The molecule has 0 spiro atoms. The minimum Gasteiger partial charge on any atom is -0.502 e. The van der Waals surface area contributed by atoms with E-state index in [1.54, 1.807) is 12.1 Å². The number of benzene rings is 2. The van der Waals surface area contributed by atoms with Crippen molar-refractivity contribution >= 4 is 28.4 Å². The first kappa shape index (κ1) is 22.8. The number of hydrogen-bond acceptors (Lipinski definition) is 6. The van der Waals surface area contributed by atoms with E-state index in [9.17, 15) is 14.7 Å². The molecule has 2 aliphatic rings. The SMILES string of the molecule is COc1cc([C@@H]2C3=C(CN(C(C)=O)C3=O)Nc3cccc4c3c2cn4CC(C)C)cc(OC)c1O. The van der Waals surface area contributed by atoms with Crippen molar-refractivity contribution in [2.24, 2.45) is 5.92 Å². The molecule has 0 radical (unpaired) electrons. The molecule has 0 fully saturated rings. The van der Waals surface area contributed by atoms with Crippen LogP contribution in [0.15, 0.2) is 47.8 Å². The molecule has 0 unspecified atom stereocenters. The summed E-state index contributed by atoms with van der Waals surface area (Å²) in [5.74, 6) is -0.323. The number of anilines is 1. The maximum Gasteiger partial charge on any atom is 0.259 e. The number of hydrogen-bond donors (Lipinski definition) is 2. The zero-order valence-corrected chi connectivity index (χ0v) is 20.5. The summed E-state index contributed by atoms with van der Waals surface area (Å²) in [6.45, 7) is 6.72. The molecule has 35 heavy (non-hydrogen) atoms. The van der Waals surface area contributed by atoms with E-state index in [0.717, 1.165) is 34.3 Å². The van der Waals surface area contributed by atoms with Crippen molar-refractivity contribution in [2.75, 3.05) is 26.1 Å². The molecular weight excluding hydrogens is 446 g/mol. The minimum atomic E-state index is -0.502. The van der Waals surface area contributed by atoms with Crippen molar-refractivity contribution < 1.29 is 24.2 Å². The summed E-state index contributed by atoms with van der Waals surface area (Å²) in [6.07, 6.45) is 2.10. The largest absolute Gasteiger partial charge is 0.502 e. The highest BCUT2D eigenvalue weighted by Gasteiger charge is 2.42. The van der Waals surface area contributed by atoms with Gasteiger partial charge in [-0.15, -0.1) is 0 Å². The number of phenols is 1. The van der Waals surface area contributed by atoms with E-state index in [1.165, 1.54) is 26.0 Å². The number of amides is 2. The molecule has 1 atom stereocenters. The Balaban J connectivity index is 1.83. The standard InChI is InChI=1S/C27H29N3O5/c1-14(2)11-29-12-17-23(16-9-21(34-4)26(32)22(10-16)35-5)25-19(13-30(15(3)31)27(25)33)28-18-7-6-8-20(29)24(17)18/h6-10,12,14,23,28,32H,11,13H2,1-5H3/t23-/m0/s1. The number of nitrogens with one attached hydrogen (secondary N) is 1. The highest BCUT2D eigenvalue weighted by molar-refractivity contribution is 6.11. The van der Waals surface area contributed by atoms with Crippen LogP contribution >= 0.6 is 0 Å². The molecule has 2 amide bonds. The van der Waals surface area contributed by atoms with Gasteiger partial charge >= 0.3 is 0 Å². The topological polar surface area (TPSA) is 93.0 Å². The molecule has 8 nitrogen and oxygen atoms in total. The average Bonchev–Trinajstić information content (AvgIpc) is 3.29. The summed E-state index contributed by atoms with van der Waals surface area (Å²) in [7, 11) is 2.95. The van der Waals surface area contributed by atoms with E-state index in [0.29, 0.717) is 17.2 Å². The Morgan fingerprint density at radius 2 is 1.89 bits per heavy atom. The van der Waals surface area contributed by atoms with Crippen LogP contribution in [0.3, 0.4) is 0 Å². The predicted octanol–water partition coefficient (Wildman–Crippen LogP) is 4.22. The van der Waals surface area contributed by atoms with Gasteiger partial charge in [-0.1, -0.05) is 19.9 Å². The van der Waals surface area contributed by atoms with Crippen molar-refractivity contribution in [3.05, 3.63) is 58.9 Å². The van der Waals surface area contributed by atoms with Crippen molar-refractivity contribution in [2.45, 2.75) is 33.2 Å². The van der Waals surface area contributed by atoms with Crippen LogP contribution in [0.25, 0.3) is 10.9 Å². The number of aromatic nitrogens is 1. The van der Waals surface area contributed by atoms with Crippen LogP contribution in [0.2, 0.25) is 0 Å². The molecule has 3 heterocycles. The Bertz CT molecular complexity index is 1380. The minimum absolute atomic E-state index is 0.106. The molecule has 0 aliphatic carbocycles. The molecule has 0 saturated heterocycles. The van der Waals surface area contributed by atoms with E-state index in [-0.39, 0.29) is 35.6 Å². The Hall–Kier alpha value is -3.94. The smallest absolute Gasteiger partial charge is 0.259 e. The van der Waals surface area contributed by atoms with Crippen LogP contribution in [0.1, 0.15) is 37.8 Å². The third-order valence-electron chi connectivity index (χ3n) is 6.72. The lowest BCUT2D eigenvalue weighted by Crippen LogP contribution is -2.33. The maximum atomic E-state index is 13.6. The second-order valence-electron chi connectivity index (χ2n) is 9.46. The highest BCUT2D eigenvalue weighted by atomic mass is 16.5. The molecule has 1 aromatic heterocycles. The first-order chi connectivity index (χ1) is 16.7. The summed E-state index contributed by atoms with van der Waals surface area (Å²) in [5, 5.41) is 15.0. The molecule has 182 valence electrons. The van der Waals surface area contributed by atoms with Crippen molar-refractivity contribution in [1.82, 2.24) is 9.47 Å². The maximum absolute atomic E-state index is 13.6. The number of carbonyl (C=O) groups excluding carboxylic acids is 2. The van der Waals surface area contributed by atoms with Gasteiger partial charge in [-0.3, -0.25) is 14.5 Å². The molecule has 8 heteroatoms. The summed E-state index contributed by atoms with van der Waals surface area (Å²) >= 11 is 0. The number of aromatic hydroxyl groups is 1. The van der Waals surface area contributed by atoms with Crippen molar-refractivity contribution in [3.63, 3.8) is 0 Å². The number of nitrogens with zero attached hydrogens (tertiary/aromatic N) is 2. The summed E-state index contributed by atoms with van der Waals surface area (Å²) in [5.41, 5.74) is 4.84. The number of phenolic OH excluding ortho intramolecular Hbond substituents is 1. The van der Waals surface area contributed by atoms with Gasteiger partial charge in [-0.25, -0.2) is 0 Å². The van der Waals surface area contributed by atoms with Gasteiger partial charge < -0.3 is 24.5 Å². The number of carbonyl (C=O) groups is 2. The monoisotopic (exact) mass is 475 g/mol. The lowest BCUT2D eigenvalue weighted by atomic mass is 9.84. The fourth-order valence-electron chi connectivity index (χ4n) is 5.25. The second kappa shape index (κ2) is 8.37. The molecule has 2 N–H and O–H groups in total. The summed E-state index contributed by atoms with van der Waals surface area (Å²) in [6, 6.07) is 9.55. The van der Waals surface area contributed by atoms with Crippen LogP contribution in [0.4, 0.5) is 5.69 Å². The van der Waals surface area contributed by atoms with E-state index < -0.39 is 5.92 Å². The molecule has 3 aromatic rings. The van der Waals surface area contributed by atoms with E-state index >= 15 is 0 Å². The number of imide groups is 1. The van der Waals surface area contributed by atoms with Gasteiger partial charge in [0.15, 0.2) is 11.5 Å². The average molecular weight is 476 g/mol. The molecule has 0 bridgehead atoms. The Labute approximate surface area is 203 Å². The predicted molar refractivity (Wildman–Crippen MR) is 133 cm³/mol. The van der Waals surface area contributed by atoms with Gasteiger partial charge in [0.2, 0.25) is 11.7 Å². The van der Waals surface area contributed by atoms with Gasteiger partial charge in [0.25, 0.3) is 5.91 Å². The zero-order valence-electron chi connectivity index (χ0n) is 20.5. The molecular formula is C27H29N3O5. The fourth-order valence-corrected chi connectivity index (χ4v) is 5.25. The van der Waals surface area contributed by atoms with Gasteiger partial charge in [-0.2, -0.15) is 0 Å². The number of methoxy groups -OCH3 is 2. The second-order valence-corrected chi connectivity index (χ2v) is 9.46. The molecule has 2 aromatic carbocycles. The lowest BCUT2D eigenvalue weighted by Gasteiger charge is -2.21. The van der Waals surface area contributed by atoms with Gasteiger partial charge in [0.1, 0.15) is 0 Å². The highest BCUT2D eigenvalue weighted by Crippen LogP contribution is 2.49. The molecule has 5 rings (SSSR count). The third-order valence-corrected chi connectivity index (χ3v) is 6.72. The van der Waals surface area contributed by atoms with Gasteiger partial charge in [0, 0.05) is 42.4 Å². The van der Waals surface area contributed by atoms with E-state index in [4.69, 9.17) is 9.47 Å². The first-order valence-corrected chi connectivity index (χ1v) is 11.6. The Morgan fingerprint density at radius 1 is 1.20 bits per heavy atom. The first-order valence-electron chi connectivity index (χ1n) is 11.6. The lowest BCUT2D eigenvalue weighted by molar-refractivity contribution is -0.139. The van der Waals surface area contributed by atoms with Crippen LogP contribution in [-0.2, 0) is 16.1 Å². The number of ether oxygens (including phenoxy) is 2. The van der Waals surface area contributed by atoms with Crippen LogP contribution in [0.5, 0.6) is 17.2 Å². The normalized spacial score (nSPS) is 17.0. The summed E-state index contributed by atoms with van der Waals surface area (Å²) in [4.78, 5) is 27.2. The zero-order chi connectivity index (χ0) is 25.0. The van der Waals surface area contributed by atoms with Crippen LogP contribution in [-0.4, -0.2) is 47.2 Å². The van der Waals surface area contributed by atoms with Crippen molar-refractivity contribution in [3.8, 4) is 17.2 Å². The Morgan fingerprint density at radius 3 is 2.49 bits per heavy atom. The van der Waals surface area contributed by atoms with E-state index in [2.05, 4.69) is 36.0 Å². The third kappa shape index (κ3) is 3.51. The summed E-state index contributed by atoms with van der Waals surface area (Å²) < 4.78 is 13.1. The Kier molecular flexibility index (Phi) is 5.46. The van der Waals surface area contributed by atoms with Gasteiger partial charge in [0.05, 0.1) is 31.9 Å². The van der Waals surface area contributed by atoms with E-state index in [1.807, 2.05) is 12.1 Å². The van der Waals surface area contributed by atoms with Crippen LogP contribution < -0.4 is 14.8 Å². The van der Waals surface area contributed by atoms with Crippen molar-refractivity contribution in [1.29, 1.82) is 0 Å². The molecule has 0 saturated carbocycles.